The molecule has 1 rings (SSSR count). The van der Waals surface area contributed by atoms with Crippen LogP contribution in [0.5, 0.6) is 0 Å². The Hall–Kier alpha value is -0.570. The molecule has 3 nitrogen and oxygen atoms in total. The molecule has 1 aliphatic rings. The number of hydrogen-bond acceptors (Lipinski definition) is 2. The van der Waals surface area contributed by atoms with Crippen LogP contribution in [0.4, 0.5) is 0 Å². The predicted molar refractivity (Wildman–Crippen MR) is 71.6 cm³/mol. The Morgan fingerprint density at radius 1 is 1.47 bits per heavy atom. The van der Waals surface area contributed by atoms with Gasteiger partial charge in [0.15, 0.2) is 0 Å². The van der Waals surface area contributed by atoms with Crippen LogP contribution < -0.4 is 11.1 Å². The van der Waals surface area contributed by atoms with E-state index in [1.807, 2.05) is 6.92 Å². The van der Waals surface area contributed by atoms with E-state index in [1.165, 1.54) is 19.3 Å². The van der Waals surface area contributed by atoms with E-state index in [0.717, 1.165) is 5.92 Å². The second-order valence-electron chi connectivity index (χ2n) is 6.31. The van der Waals surface area contributed by atoms with Gasteiger partial charge in [0.05, 0.1) is 5.54 Å². The fourth-order valence-electron chi connectivity index (χ4n) is 2.57. The van der Waals surface area contributed by atoms with Crippen LogP contribution in [-0.4, -0.2) is 18.0 Å². The van der Waals surface area contributed by atoms with Gasteiger partial charge < -0.3 is 11.1 Å². The summed E-state index contributed by atoms with van der Waals surface area (Å²) < 4.78 is 0. The fraction of sp³-hybridized carbons (Fsp3) is 0.929. The molecule has 100 valence electrons. The fourth-order valence-corrected chi connectivity index (χ4v) is 2.57. The molecule has 0 saturated heterocycles. The lowest BCUT2D eigenvalue weighted by Gasteiger charge is -2.34. The normalized spacial score (nSPS) is 28.1. The summed E-state index contributed by atoms with van der Waals surface area (Å²) in [5, 5.41) is 3.12. The van der Waals surface area contributed by atoms with Crippen molar-refractivity contribution in [1.82, 2.24) is 5.32 Å². The van der Waals surface area contributed by atoms with Crippen molar-refractivity contribution in [2.45, 2.75) is 58.9 Å². The largest absolute Gasteiger partial charge is 0.349 e. The van der Waals surface area contributed by atoms with E-state index in [4.69, 9.17) is 5.73 Å². The highest BCUT2D eigenvalue weighted by atomic mass is 16.1. The molecule has 0 aromatic rings. The van der Waals surface area contributed by atoms with Gasteiger partial charge in [0.1, 0.15) is 0 Å². The van der Waals surface area contributed by atoms with Gasteiger partial charge in [0.2, 0.25) is 5.91 Å². The zero-order valence-corrected chi connectivity index (χ0v) is 11.8. The molecule has 3 N–H and O–H groups in total. The number of amides is 1. The molecule has 17 heavy (non-hydrogen) atoms. The van der Waals surface area contributed by atoms with E-state index in [9.17, 15) is 4.79 Å². The van der Waals surface area contributed by atoms with E-state index in [-0.39, 0.29) is 11.4 Å². The van der Waals surface area contributed by atoms with Crippen LogP contribution in [-0.2, 0) is 4.79 Å². The van der Waals surface area contributed by atoms with Crippen molar-refractivity contribution < 1.29 is 4.79 Å². The first kappa shape index (κ1) is 14.5. The molecule has 1 aliphatic carbocycles. The van der Waals surface area contributed by atoms with Crippen molar-refractivity contribution >= 4 is 5.91 Å². The van der Waals surface area contributed by atoms with Gasteiger partial charge in [0, 0.05) is 13.0 Å². The molecular formula is C14H28N2O. The molecule has 0 spiro atoms. The summed E-state index contributed by atoms with van der Waals surface area (Å²) in [6.45, 7) is 9.01. The van der Waals surface area contributed by atoms with Gasteiger partial charge in [-0.05, 0) is 37.5 Å². The van der Waals surface area contributed by atoms with Crippen LogP contribution in [0.15, 0.2) is 0 Å². The molecule has 0 aromatic heterocycles. The Balaban J connectivity index is 2.43. The van der Waals surface area contributed by atoms with Crippen molar-refractivity contribution in [2.24, 2.45) is 23.5 Å². The topological polar surface area (TPSA) is 55.1 Å². The van der Waals surface area contributed by atoms with Crippen molar-refractivity contribution in [2.75, 3.05) is 6.54 Å². The van der Waals surface area contributed by atoms with Crippen LogP contribution in [0.1, 0.15) is 53.4 Å². The van der Waals surface area contributed by atoms with Gasteiger partial charge in [-0.3, -0.25) is 4.79 Å². The SMILES string of the molecule is CC1CCC(CC(=O)NC(C)(CN)C(C)C)C1. The Morgan fingerprint density at radius 3 is 2.53 bits per heavy atom. The number of carbonyl (C=O) groups is 1. The van der Waals surface area contributed by atoms with Gasteiger partial charge in [-0.1, -0.05) is 27.2 Å². The first-order valence-electron chi connectivity index (χ1n) is 6.88. The number of carbonyl (C=O) groups excluding carboxylic acids is 1. The third-order valence-electron chi connectivity index (χ3n) is 4.40. The Bertz CT molecular complexity index is 265. The summed E-state index contributed by atoms with van der Waals surface area (Å²) in [5.41, 5.74) is 5.51. The minimum absolute atomic E-state index is 0.172. The van der Waals surface area contributed by atoms with E-state index < -0.39 is 0 Å². The second-order valence-corrected chi connectivity index (χ2v) is 6.31. The average Bonchev–Trinajstić information content (AvgIpc) is 2.63. The number of nitrogens with one attached hydrogen (secondary N) is 1. The molecule has 0 bridgehead atoms. The molecule has 3 atom stereocenters. The van der Waals surface area contributed by atoms with Gasteiger partial charge >= 0.3 is 0 Å². The summed E-state index contributed by atoms with van der Waals surface area (Å²) in [5.74, 6) is 1.91. The minimum atomic E-state index is -0.263. The summed E-state index contributed by atoms with van der Waals surface area (Å²) in [6, 6.07) is 0. The van der Waals surface area contributed by atoms with Crippen LogP contribution in [0.2, 0.25) is 0 Å². The highest BCUT2D eigenvalue weighted by molar-refractivity contribution is 5.77. The number of rotatable bonds is 5. The van der Waals surface area contributed by atoms with Crippen LogP contribution >= 0.6 is 0 Å². The van der Waals surface area contributed by atoms with Gasteiger partial charge in [-0.25, -0.2) is 0 Å². The van der Waals surface area contributed by atoms with Crippen molar-refractivity contribution in [1.29, 1.82) is 0 Å². The molecule has 0 radical (unpaired) electrons. The van der Waals surface area contributed by atoms with Crippen LogP contribution in [0.3, 0.4) is 0 Å². The lowest BCUT2D eigenvalue weighted by molar-refractivity contribution is -0.124. The van der Waals surface area contributed by atoms with Gasteiger partial charge in [-0.15, -0.1) is 0 Å². The molecule has 3 unspecified atom stereocenters. The molecule has 0 aromatic carbocycles. The third-order valence-corrected chi connectivity index (χ3v) is 4.40. The Labute approximate surface area is 106 Å². The molecule has 3 heteroatoms. The Kier molecular flexibility index (Phi) is 4.99. The third kappa shape index (κ3) is 3.98. The summed E-state index contributed by atoms with van der Waals surface area (Å²) >= 11 is 0. The monoisotopic (exact) mass is 240 g/mol. The zero-order chi connectivity index (χ0) is 13.1. The van der Waals surface area contributed by atoms with Crippen molar-refractivity contribution in [3.63, 3.8) is 0 Å². The highest BCUT2D eigenvalue weighted by Gasteiger charge is 2.30. The van der Waals surface area contributed by atoms with Crippen molar-refractivity contribution in [3.05, 3.63) is 0 Å². The van der Waals surface area contributed by atoms with E-state index in [1.54, 1.807) is 0 Å². The Morgan fingerprint density at radius 2 is 2.12 bits per heavy atom. The summed E-state index contributed by atoms with van der Waals surface area (Å²) in [4.78, 5) is 12.0. The maximum atomic E-state index is 12.0. The molecular weight excluding hydrogens is 212 g/mol. The summed E-state index contributed by atoms with van der Waals surface area (Å²) in [6.07, 6.45) is 4.35. The van der Waals surface area contributed by atoms with E-state index in [2.05, 4.69) is 26.1 Å². The molecule has 0 aliphatic heterocycles. The van der Waals surface area contributed by atoms with Gasteiger partial charge in [0.25, 0.3) is 0 Å². The number of nitrogens with two attached hydrogens (primary N) is 1. The molecule has 0 heterocycles. The predicted octanol–water partition coefficient (Wildman–Crippen LogP) is 2.30. The number of hydrogen-bond donors (Lipinski definition) is 2. The molecule has 1 fully saturated rings. The first-order chi connectivity index (χ1) is 7.87. The van der Waals surface area contributed by atoms with E-state index >= 15 is 0 Å². The summed E-state index contributed by atoms with van der Waals surface area (Å²) in [7, 11) is 0. The standard InChI is InChI=1S/C14H28N2O/c1-10(2)14(4,9-15)16-13(17)8-12-6-5-11(3)7-12/h10-12H,5-9,15H2,1-4H3,(H,16,17). The molecule has 1 amide bonds. The van der Waals surface area contributed by atoms with Crippen molar-refractivity contribution in [3.8, 4) is 0 Å². The average molecular weight is 240 g/mol. The highest BCUT2D eigenvalue weighted by Crippen LogP contribution is 2.32. The van der Waals surface area contributed by atoms with E-state index in [0.29, 0.717) is 24.8 Å². The maximum Gasteiger partial charge on any atom is 0.220 e. The minimum Gasteiger partial charge on any atom is -0.349 e. The second kappa shape index (κ2) is 5.85. The lowest BCUT2D eigenvalue weighted by atomic mass is 9.88. The molecule has 1 saturated carbocycles. The quantitative estimate of drug-likeness (QED) is 0.774. The maximum absolute atomic E-state index is 12.0. The van der Waals surface area contributed by atoms with Crippen LogP contribution in [0.25, 0.3) is 0 Å². The van der Waals surface area contributed by atoms with Crippen LogP contribution in [0, 0.1) is 17.8 Å². The smallest absolute Gasteiger partial charge is 0.220 e. The van der Waals surface area contributed by atoms with Gasteiger partial charge in [-0.2, -0.15) is 0 Å². The first-order valence-corrected chi connectivity index (χ1v) is 6.88. The zero-order valence-electron chi connectivity index (χ0n) is 11.8. The lowest BCUT2D eigenvalue weighted by Crippen LogP contribution is -2.55.